The second-order valence-electron chi connectivity index (χ2n) is 7.20. The highest BCUT2D eigenvalue weighted by atomic mass is 16.6. The molecule has 0 unspecified atom stereocenters. The molecule has 162 valence electrons. The summed E-state index contributed by atoms with van der Waals surface area (Å²) in [5.41, 5.74) is 4.13. The van der Waals surface area contributed by atoms with E-state index in [1.54, 1.807) is 0 Å². The lowest BCUT2D eigenvalue weighted by atomic mass is 10.1. The number of aliphatic carboxylic acids is 1. The van der Waals surface area contributed by atoms with Crippen molar-refractivity contribution in [2.24, 2.45) is 5.16 Å². The van der Waals surface area contributed by atoms with Crippen LogP contribution >= 0.6 is 0 Å². The van der Waals surface area contributed by atoms with Gasteiger partial charge in [0.15, 0.2) is 0 Å². The van der Waals surface area contributed by atoms with Gasteiger partial charge < -0.3 is 19.1 Å². The molecule has 0 aliphatic rings. The Morgan fingerprint density at radius 2 is 1.72 bits per heavy atom. The van der Waals surface area contributed by atoms with Gasteiger partial charge in [-0.15, -0.1) is 0 Å². The Morgan fingerprint density at radius 3 is 2.47 bits per heavy atom. The highest BCUT2D eigenvalue weighted by Crippen LogP contribution is 2.16. The Balaban J connectivity index is 1.32. The first-order chi connectivity index (χ1) is 15.7. The third kappa shape index (κ3) is 5.72. The zero-order valence-corrected chi connectivity index (χ0v) is 17.4. The Hall–Kier alpha value is -4.13. The minimum Gasteiger partial charge on any atom is -0.487 e. The number of benzene rings is 2. The number of aromatic nitrogens is 2. The summed E-state index contributed by atoms with van der Waals surface area (Å²) < 4.78 is 7.79. The van der Waals surface area contributed by atoms with Crippen molar-refractivity contribution in [2.45, 2.75) is 26.1 Å². The first-order valence-corrected chi connectivity index (χ1v) is 10.3. The van der Waals surface area contributed by atoms with Crippen LogP contribution in [0.4, 0.5) is 0 Å². The molecule has 0 radical (unpaired) electrons. The molecule has 0 fully saturated rings. The zero-order chi connectivity index (χ0) is 22.2. The average molecular weight is 429 g/mol. The van der Waals surface area contributed by atoms with E-state index in [1.807, 2.05) is 89.6 Å². The monoisotopic (exact) mass is 429 g/mol. The predicted molar refractivity (Wildman–Crippen MR) is 121 cm³/mol. The largest absolute Gasteiger partial charge is 0.487 e. The van der Waals surface area contributed by atoms with Gasteiger partial charge >= 0.3 is 5.97 Å². The Bertz CT molecular complexity index is 1170. The maximum atomic E-state index is 10.9. The van der Waals surface area contributed by atoms with E-state index >= 15 is 0 Å². The van der Waals surface area contributed by atoms with Crippen LogP contribution in [-0.4, -0.2) is 26.2 Å². The van der Waals surface area contributed by atoms with Crippen molar-refractivity contribution in [3.05, 3.63) is 102 Å². The molecular weight excluding hydrogens is 406 g/mol. The van der Waals surface area contributed by atoms with E-state index in [-0.39, 0.29) is 13.0 Å². The van der Waals surface area contributed by atoms with Crippen LogP contribution < -0.4 is 4.74 Å². The summed E-state index contributed by atoms with van der Waals surface area (Å²) >= 11 is 0. The van der Waals surface area contributed by atoms with Crippen molar-refractivity contribution in [3.63, 3.8) is 0 Å². The van der Waals surface area contributed by atoms with Crippen LogP contribution in [0.15, 0.2) is 90.3 Å². The van der Waals surface area contributed by atoms with Crippen molar-refractivity contribution < 1.29 is 19.5 Å². The van der Waals surface area contributed by atoms with Gasteiger partial charge in [0.25, 0.3) is 0 Å². The SMILES string of the molecule is O=C(O)CC/C(=N\OCc1ccc(OCc2cn3ccccc3n2)cc1)c1ccccc1. The quantitative estimate of drug-likeness (QED) is 0.292. The summed E-state index contributed by atoms with van der Waals surface area (Å²) in [5, 5.41) is 13.2. The van der Waals surface area contributed by atoms with Crippen LogP contribution in [0.1, 0.15) is 29.7 Å². The number of imidazole rings is 1. The van der Waals surface area contributed by atoms with Crippen LogP contribution in [0.25, 0.3) is 5.65 Å². The zero-order valence-electron chi connectivity index (χ0n) is 17.4. The topological polar surface area (TPSA) is 85.4 Å². The van der Waals surface area contributed by atoms with Gasteiger partial charge in [0, 0.05) is 18.8 Å². The molecule has 4 aromatic rings. The van der Waals surface area contributed by atoms with Crippen LogP contribution in [0.2, 0.25) is 0 Å². The van der Waals surface area contributed by atoms with Gasteiger partial charge in [-0.25, -0.2) is 4.98 Å². The Kier molecular flexibility index (Phi) is 6.77. The van der Waals surface area contributed by atoms with Gasteiger partial charge in [0.2, 0.25) is 0 Å². The molecule has 2 aromatic heterocycles. The molecule has 7 heteroatoms. The molecular formula is C25H23N3O4. The molecule has 0 aliphatic heterocycles. The van der Waals surface area contributed by atoms with Gasteiger partial charge in [-0.1, -0.05) is 53.7 Å². The van der Waals surface area contributed by atoms with Crippen molar-refractivity contribution in [1.29, 1.82) is 0 Å². The van der Waals surface area contributed by atoms with Crippen molar-refractivity contribution in [2.75, 3.05) is 0 Å². The lowest BCUT2D eigenvalue weighted by molar-refractivity contribution is -0.136. The normalized spacial score (nSPS) is 11.4. The van der Waals surface area contributed by atoms with Gasteiger partial charge in [0.1, 0.15) is 24.6 Å². The molecule has 0 amide bonds. The van der Waals surface area contributed by atoms with Gasteiger partial charge in [-0.2, -0.15) is 0 Å². The molecule has 2 heterocycles. The van der Waals surface area contributed by atoms with Gasteiger partial charge in [-0.05, 0) is 35.4 Å². The fourth-order valence-corrected chi connectivity index (χ4v) is 3.18. The number of pyridine rings is 1. The number of fused-ring (bicyclic) bond motifs is 1. The molecule has 0 saturated heterocycles. The van der Waals surface area contributed by atoms with Crippen molar-refractivity contribution >= 4 is 17.3 Å². The van der Waals surface area contributed by atoms with Crippen LogP contribution in [0, 0.1) is 0 Å². The summed E-state index contributed by atoms with van der Waals surface area (Å²) in [7, 11) is 0. The second kappa shape index (κ2) is 10.3. The van der Waals surface area contributed by atoms with E-state index < -0.39 is 5.97 Å². The second-order valence-corrected chi connectivity index (χ2v) is 7.20. The molecule has 2 aromatic carbocycles. The highest BCUT2D eigenvalue weighted by Gasteiger charge is 2.08. The van der Waals surface area contributed by atoms with E-state index in [2.05, 4.69) is 10.1 Å². The standard InChI is InChI=1S/C25H23N3O4/c29-25(30)14-13-23(20-6-2-1-3-7-20)27-32-17-19-9-11-22(12-10-19)31-18-21-16-28-15-5-4-8-24(28)26-21/h1-12,15-16H,13-14,17-18H2,(H,29,30)/b27-23+. The van der Waals surface area contributed by atoms with Crippen LogP contribution in [0.5, 0.6) is 5.75 Å². The lowest BCUT2D eigenvalue weighted by Crippen LogP contribution is -2.06. The van der Waals surface area contributed by atoms with E-state index in [4.69, 9.17) is 14.7 Å². The maximum Gasteiger partial charge on any atom is 0.303 e. The summed E-state index contributed by atoms with van der Waals surface area (Å²) in [6, 6.07) is 22.9. The van der Waals surface area contributed by atoms with Gasteiger partial charge in [0.05, 0.1) is 17.8 Å². The molecule has 4 rings (SSSR count). The number of hydrogen-bond acceptors (Lipinski definition) is 5. The van der Waals surface area contributed by atoms with E-state index in [9.17, 15) is 4.79 Å². The molecule has 1 N–H and O–H groups in total. The number of carboxylic acid groups (broad SMARTS) is 1. The summed E-state index contributed by atoms with van der Waals surface area (Å²) in [4.78, 5) is 21.0. The Labute approximate surface area is 185 Å². The molecule has 32 heavy (non-hydrogen) atoms. The molecule has 0 bridgehead atoms. The van der Waals surface area contributed by atoms with E-state index in [1.165, 1.54) is 0 Å². The fourth-order valence-electron chi connectivity index (χ4n) is 3.18. The number of carbonyl (C=O) groups is 1. The highest BCUT2D eigenvalue weighted by molar-refractivity contribution is 6.01. The summed E-state index contributed by atoms with van der Waals surface area (Å²) in [5.74, 6) is -0.131. The number of rotatable bonds is 10. The number of hydrogen-bond donors (Lipinski definition) is 1. The minimum atomic E-state index is -0.868. The molecule has 0 spiro atoms. The minimum absolute atomic E-state index is 0.00453. The summed E-state index contributed by atoms with van der Waals surface area (Å²) in [6.07, 6.45) is 4.20. The number of carboxylic acids is 1. The lowest BCUT2D eigenvalue weighted by Gasteiger charge is -2.07. The molecule has 0 saturated carbocycles. The van der Waals surface area contributed by atoms with Gasteiger partial charge in [-0.3, -0.25) is 4.79 Å². The van der Waals surface area contributed by atoms with Crippen molar-refractivity contribution in [1.82, 2.24) is 9.38 Å². The van der Waals surface area contributed by atoms with E-state index in [0.29, 0.717) is 18.7 Å². The molecule has 0 aliphatic carbocycles. The van der Waals surface area contributed by atoms with Crippen molar-refractivity contribution in [3.8, 4) is 5.75 Å². The molecule has 0 atom stereocenters. The predicted octanol–water partition coefficient (Wildman–Crippen LogP) is 4.70. The molecule has 7 nitrogen and oxygen atoms in total. The smallest absolute Gasteiger partial charge is 0.303 e. The fraction of sp³-hybridized carbons (Fsp3) is 0.160. The van der Waals surface area contributed by atoms with Crippen LogP contribution in [0.3, 0.4) is 0 Å². The number of oxime groups is 1. The first kappa shape index (κ1) is 21.1. The average Bonchev–Trinajstić information content (AvgIpc) is 3.24. The Morgan fingerprint density at radius 1 is 0.938 bits per heavy atom. The third-order valence-electron chi connectivity index (χ3n) is 4.81. The number of ether oxygens (including phenoxy) is 1. The maximum absolute atomic E-state index is 10.9. The van der Waals surface area contributed by atoms with Crippen LogP contribution in [-0.2, 0) is 22.8 Å². The third-order valence-corrected chi connectivity index (χ3v) is 4.81. The summed E-state index contributed by atoms with van der Waals surface area (Å²) in [6.45, 7) is 0.655. The van der Waals surface area contributed by atoms with E-state index in [0.717, 1.165) is 28.2 Å². The first-order valence-electron chi connectivity index (χ1n) is 10.3. The number of nitrogens with zero attached hydrogens (tertiary/aromatic N) is 3.